The van der Waals surface area contributed by atoms with E-state index in [1.807, 2.05) is 0 Å². The Labute approximate surface area is 145 Å². The summed E-state index contributed by atoms with van der Waals surface area (Å²) in [6.07, 6.45) is 1.07. The number of sulfone groups is 1. The molecule has 0 fully saturated rings. The summed E-state index contributed by atoms with van der Waals surface area (Å²) in [7, 11) is -0.291. The molecule has 0 saturated heterocycles. The lowest BCUT2D eigenvalue weighted by Crippen LogP contribution is -2.33. The zero-order chi connectivity index (χ0) is 18.8. The highest BCUT2D eigenvalue weighted by Gasteiger charge is 2.29. The van der Waals surface area contributed by atoms with Gasteiger partial charge in [-0.15, -0.1) is 0 Å². The van der Waals surface area contributed by atoms with Crippen LogP contribution in [0.5, 0.6) is 0 Å². The third-order valence-corrected chi connectivity index (χ3v) is 4.72. The van der Waals surface area contributed by atoms with Gasteiger partial charge in [-0.05, 0) is 50.5 Å². The molecule has 0 aliphatic carbocycles. The van der Waals surface area contributed by atoms with Crippen molar-refractivity contribution in [3.8, 4) is 0 Å². The van der Waals surface area contributed by atoms with Gasteiger partial charge in [0.25, 0.3) is 0 Å². The lowest BCUT2D eigenvalue weighted by atomic mass is 10.0. The van der Waals surface area contributed by atoms with Gasteiger partial charge in [0.1, 0.15) is 17.7 Å². The molecule has 2 aromatic rings. The van der Waals surface area contributed by atoms with Crippen LogP contribution in [0.4, 0.5) is 14.5 Å². The molecule has 0 radical (unpaired) electrons. The minimum absolute atomic E-state index is 0.106. The van der Waals surface area contributed by atoms with E-state index in [0.29, 0.717) is 5.69 Å². The number of nitrogens with zero attached hydrogens (tertiary/aromatic N) is 1. The van der Waals surface area contributed by atoms with E-state index in [1.54, 1.807) is 0 Å². The van der Waals surface area contributed by atoms with Gasteiger partial charge in [-0.25, -0.2) is 17.2 Å². The van der Waals surface area contributed by atoms with Crippen molar-refractivity contribution in [3.05, 3.63) is 59.7 Å². The molecule has 0 saturated carbocycles. The Balaban J connectivity index is 2.30. The van der Waals surface area contributed by atoms with Gasteiger partial charge in [0.2, 0.25) is 5.91 Å². The Bertz CT molecular complexity index is 861. The minimum atomic E-state index is -3.35. The van der Waals surface area contributed by atoms with Crippen molar-refractivity contribution in [3.63, 3.8) is 0 Å². The number of nitrogens with one attached hydrogen (secondary N) is 1. The van der Waals surface area contributed by atoms with Crippen molar-refractivity contribution < 1.29 is 22.0 Å². The summed E-state index contributed by atoms with van der Waals surface area (Å²) in [4.78, 5) is 14.0. The first-order valence-electron chi connectivity index (χ1n) is 7.32. The first kappa shape index (κ1) is 19.0. The Morgan fingerprint density at radius 1 is 1.04 bits per heavy atom. The number of halogens is 2. The molecule has 0 aliphatic rings. The highest BCUT2D eigenvalue weighted by molar-refractivity contribution is 7.90. The van der Waals surface area contributed by atoms with E-state index in [1.165, 1.54) is 49.3 Å². The predicted octanol–water partition coefficient (Wildman–Crippen LogP) is 2.61. The molecular formula is C17H18F2N2O3S. The Kier molecular flexibility index (Phi) is 5.54. The van der Waals surface area contributed by atoms with Crippen molar-refractivity contribution in [2.24, 2.45) is 0 Å². The fraction of sp³-hybridized carbons (Fsp3) is 0.235. The quantitative estimate of drug-likeness (QED) is 0.881. The zero-order valence-electron chi connectivity index (χ0n) is 14.0. The maximum Gasteiger partial charge on any atom is 0.246 e. The maximum atomic E-state index is 14.0. The number of carbonyl (C=O) groups is 1. The number of benzene rings is 2. The molecule has 2 aromatic carbocycles. The fourth-order valence-electron chi connectivity index (χ4n) is 2.39. The molecule has 0 aromatic heterocycles. The first-order valence-corrected chi connectivity index (χ1v) is 9.21. The molecule has 0 bridgehead atoms. The SMILES string of the molecule is CN(C)[C@@H](C(=O)Nc1ccc(S(C)(=O)=O)cc1)c1c(F)cccc1F. The number of hydrogen-bond donors (Lipinski definition) is 1. The minimum Gasteiger partial charge on any atom is -0.324 e. The van der Waals surface area contributed by atoms with Crippen LogP contribution in [0, 0.1) is 11.6 Å². The van der Waals surface area contributed by atoms with Crippen LogP contribution in [0.15, 0.2) is 47.4 Å². The van der Waals surface area contributed by atoms with E-state index in [-0.39, 0.29) is 10.5 Å². The van der Waals surface area contributed by atoms with Gasteiger partial charge in [-0.1, -0.05) is 6.07 Å². The molecule has 134 valence electrons. The predicted molar refractivity (Wildman–Crippen MR) is 91.0 cm³/mol. The van der Waals surface area contributed by atoms with Crippen molar-refractivity contribution in [2.75, 3.05) is 25.7 Å². The van der Waals surface area contributed by atoms with Crippen LogP contribution in [0.3, 0.4) is 0 Å². The van der Waals surface area contributed by atoms with Gasteiger partial charge >= 0.3 is 0 Å². The summed E-state index contributed by atoms with van der Waals surface area (Å²) in [6, 6.07) is 7.74. The largest absolute Gasteiger partial charge is 0.324 e. The highest BCUT2D eigenvalue weighted by atomic mass is 32.2. The van der Waals surface area contributed by atoms with Gasteiger partial charge in [-0.2, -0.15) is 0 Å². The van der Waals surface area contributed by atoms with Crippen molar-refractivity contribution in [1.82, 2.24) is 4.90 Å². The monoisotopic (exact) mass is 368 g/mol. The molecule has 1 N–H and O–H groups in total. The van der Waals surface area contributed by atoms with Gasteiger partial charge < -0.3 is 5.32 Å². The second-order valence-electron chi connectivity index (χ2n) is 5.79. The Hall–Kier alpha value is -2.32. The smallest absolute Gasteiger partial charge is 0.246 e. The molecule has 0 unspecified atom stereocenters. The van der Waals surface area contributed by atoms with Crippen LogP contribution < -0.4 is 5.32 Å². The van der Waals surface area contributed by atoms with Crippen molar-refractivity contribution in [2.45, 2.75) is 10.9 Å². The Morgan fingerprint density at radius 2 is 1.56 bits per heavy atom. The van der Waals surface area contributed by atoms with Crippen LogP contribution in [0.25, 0.3) is 0 Å². The standard InChI is InChI=1S/C17H18F2N2O3S/c1-21(2)16(15-13(18)5-4-6-14(15)19)17(22)20-11-7-9-12(10-8-11)25(3,23)24/h4-10,16H,1-3H3,(H,20,22)/t16-/m1/s1. The van der Waals surface area contributed by atoms with Crippen LogP contribution in [-0.4, -0.2) is 39.6 Å². The molecule has 5 nitrogen and oxygen atoms in total. The number of hydrogen-bond acceptors (Lipinski definition) is 4. The summed E-state index contributed by atoms with van der Waals surface area (Å²) >= 11 is 0. The third-order valence-electron chi connectivity index (χ3n) is 3.59. The summed E-state index contributed by atoms with van der Waals surface area (Å²) in [5.41, 5.74) is -0.0289. The van der Waals surface area contributed by atoms with Crippen LogP contribution in [0.1, 0.15) is 11.6 Å². The lowest BCUT2D eigenvalue weighted by Gasteiger charge is -2.24. The van der Waals surface area contributed by atoms with Crippen LogP contribution >= 0.6 is 0 Å². The van der Waals surface area contributed by atoms with E-state index in [0.717, 1.165) is 18.4 Å². The molecule has 0 aliphatic heterocycles. The molecule has 0 heterocycles. The molecule has 2 rings (SSSR count). The summed E-state index contributed by atoms with van der Waals surface area (Å²) < 4.78 is 51.0. The second kappa shape index (κ2) is 7.28. The molecular weight excluding hydrogens is 350 g/mol. The first-order chi connectivity index (χ1) is 11.6. The number of carbonyl (C=O) groups excluding carboxylic acids is 1. The van der Waals surface area contributed by atoms with Gasteiger partial charge in [-0.3, -0.25) is 9.69 Å². The second-order valence-corrected chi connectivity index (χ2v) is 7.80. The summed E-state index contributed by atoms with van der Waals surface area (Å²) in [5, 5.41) is 2.55. The van der Waals surface area contributed by atoms with Gasteiger partial charge in [0.05, 0.1) is 10.5 Å². The molecule has 0 spiro atoms. The third kappa shape index (κ3) is 4.40. The van der Waals surface area contributed by atoms with E-state index in [4.69, 9.17) is 0 Å². The maximum absolute atomic E-state index is 14.0. The van der Waals surface area contributed by atoms with E-state index in [9.17, 15) is 22.0 Å². The summed E-state index contributed by atoms with van der Waals surface area (Å²) in [5.74, 6) is -2.27. The average molecular weight is 368 g/mol. The molecule has 8 heteroatoms. The van der Waals surface area contributed by atoms with Gasteiger partial charge in [0.15, 0.2) is 9.84 Å². The normalized spacial score (nSPS) is 12.9. The van der Waals surface area contributed by atoms with Crippen molar-refractivity contribution >= 4 is 21.4 Å². The van der Waals surface area contributed by atoms with E-state index in [2.05, 4.69) is 5.32 Å². The summed E-state index contributed by atoms with van der Waals surface area (Å²) in [6.45, 7) is 0. The number of likely N-dealkylation sites (N-methyl/N-ethyl adjacent to an activating group) is 1. The van der Waals surface area contributed by atoms with Crippen molar-refractivity contribution in [1.29, 1.82) is 0 Å². The molecule has 25 heavy (non-hydrogen) atoms. The van der Waals surface area contributed by atoms with E-state index < -0.39 is 33.4 Å². The van der Waals surface area contributed by atoms with Crippen LogP contribution in [0.2, 0.25) is 0 Å². The fourth-order valence-corrected chi connectivity index (χ4v) is 3.02. The van der Waals surface area contributed by atoms with E-state index >= 15 is 0 Å². The Morgan fingerprint density at radius 3 is 2.00 bits per heavy atom. The number of amides is 1. The van der Waals surface area contributed by atoms with Gasteiger partial charge in [0, 0.05) is 11.9 Å². The average Bonchev–Trinajstić information content (AvgIpc) is 2.50. The zero-order valence-corrected chi connectivity index (χ0v) is 14.8. The molecule has 1 amide bonds. The number of anilines is 1. The highest BCUT2D eigenvalue weighted by Crippen LogP contribution is 2.26. The topological polar surface area (TPSA) is 66.5 Å². The lowest BCUT2D eigenvalue weighted by molar-refractivity contribution is -0.120. The molecule has 1 atom stereocenters. The number of rotatable bonds is 5. The van der Waals surface area contributed by atoms with Crippen LogP contribution in [-0.2, 0) is 14.6 Å².